The highest BCUT2D eigenvalue weighted by Crippen LogP contribution is 2.15. The van der Waals surface area contributed by atoms with Gasteiger partial charge in [0.25, 0.3) is 0 Å². The van der Waals surface area contributed by atoms with E-state index in [2.05, 4.69) is 26.2 Å². The number of hydrogen-bond acceptors (Lipinski definition) is 3. The lowest BCUT2D eigenvalue weighted by atomic mass is 10.0. The topological polar surface area (TPSA) is 34.1 Å². The molecule has 1 aliphatic heterocycles. The predicted molar refractivity (Wildman–Crippen MR) is 67.6 cm³/mol. The molecule has 0 amide bonds. The summed E-state index contributed by atoms with van der Waals surface area (Å²) in [5.74, 6) is 1.56. The molecule has 1 atom stereocenters. The fourth-order valence-corrected chi connectivity index (χ4v) is 2.19. The van der Waals surface area contributed by atoms with E-state index in [4.69, 9.17) is 4.74 Å². The van der Waals surface area contributed by atoms with Crippen molar-refractivity contribution in [2.75, 3.05) is 19.7 Å². The highest BCUT2D eigenvalue weighted by atomic mass is 79.9. The molecule has 1 unspecified atom stereocenters. The van der Waals surface area contributed by atoms with Crippen LogP contribution in [0, 0.1) is 5.92 Å². The first kappa shape index (κ1) is 11.9. The van der Waals surface area contributed by atoms with Crippen LogP contribution in [0.1, 0.15) is 19.3 Å². The second kappa shape index (κ2) is 6.21. The van der Waals surface area contributed by atoms with Gasteiger partial charge in [-0.2, -0.15) is 0 Å². The minimum Gasteiger partial charge on any atom is -0.478 e. The van der Waals surface area contributed by atoms with Crippen molar-refractivity contribution in [1.29, 1.82) is 0 Å². The molecule has 1 saturated heterocycles. The quantitative estimate of drug-likeness (QED) is 0.844. The van der Waals surface area contributed by atoms with Gasteiger partial charge in [-0.1, -0.05) is 0 Å². The van der Waals surface area contributed by atoms with E-state index in [9.17, 15) is 0 Å². The Balaban J connectivity index is 1.62. The van der Waals surface area contributed by atoms with E-state index in [0.717, 1.165) is 23.4 Å². The molecule has 2 rings (SSSR count). The highest BCUT2D eigenvalue weighted by molar-refractivity contribution is 9.10. The van der Waals surface area contributed by atoms with Crippen molar-refractivity contribution >= 4 is 15.9 Å². The van der Waals surface area contributed by atoms with Gasteiger partial charge in [-0.05, 0) is 60.3 Å². The van der Waals surface area contributed by atoms with Crippen LogP contribution < -0.4 is 10.1 Å². The molecule has 16 heavy (non-hydrogen) atoms. The third kappa shape index (κ3) is 3.76. The number of aromatic nitrogens is 1. The Morgan fingerprint density at radius 2 is 2.44 bits per heavy atom. The zero-order chi connectivity index (χ0) is 11.2. The van der Waals surface area contributed by atoms with Crippen LogP contribution in [0.3, 0.4) is 0 Å². The molecule has 1 fully saturated rings. The smallest absolute Gasteiger partial charge is 0.213 e. The number of halogens is 1. The van der Waals surface area contributed by atoms with Crippen LogP contribution in [0.15, 0.2) is 22.8 Å². The number of pyridine rings is 1. The number of nitrogens with one attached hydrogen (secondary N) is 1. The Kier molecular flexibility index (Phi) is 4.60. The molecule has 1 aliphatic rings. The molecule has 0 radical (unpaired) electrons. The fraction of sp³-hybridized carbons (Fsp3) is 0.583. The summed E-state index contributed by atoms with van der Waals surface area (Å²) in [6, 6.07) is 3.84. The Hall–Kier alpha value is -0.610. The maximum absolute atomic E-state index is 5.57. The fourth-order valence-electron chi connectivity index (χ4n) is 1.96. The van der Waals surface area contributed by atoms with Crippen molar-refractivity contribution in [1.82, 2.24) is 10.3 Å². The molecule has 1 aromatic rings. The average Bonchev–Trinajstić information content (AvgIpc) is 2.80. The molecule has 0 aromatic carbocycles. The van der Waals surface area contributed by atoms with Crippen molar-refractivity contribution in [2.45, 2.75) is 19.3 Å². The van der Waals surface area contributed by atoms with Gasteiger partial charge < -0.3 is 10.1 Å². The van der Waals surface area contributed by atoms with Crippen molar-refractivity contribution in [3.05, 3.63) is 22.8 Å². The van der Waals surface area contributed by atoms with Gasteiger partial charge in [-0.3, -0.25) is 0 Å². The van der Waals surface area contributed by atoms with Crippen molar-refractivity contribution in [3.8, 4) is 5.88 Å². The maximum Gasteiger partial charge on any atom is 0.213 e. The lowest BCUT2D eigenvalue weighted by molar-refractivity contribution is 0.284. The minimum absolute atomic E-state index is 0.716. The van der Waals surface area contributed by atoms with Crippen LogP contribution in [0.2, 0.25) is 0 Å². The highest BCUT2D eigenvalue weighted by Gasteiger charge is 2.13. The third-order valence-corrected chi connectivity index (χ3v) is 3.34. The molecule has 3 nitrogen and oxygen atoms in total. The monoisotopic (exact) mass is 284 g/mol. The zero-order valence-electron chi connectivity index (χ0n) is 9.29. The summed E-state index contributed by atoms with van der Waals surface area (Å²) in [4.78, 5) is 4.17. The molecular formula is C12H17BrN2O. The minimum atomic E-state index is 0.716. The van der Waals surface area contributed by atoms with Gasteiger partial charge in [0.15, 0.2) is 0 Å². The zero-order valence-corrected chi connectivity index (χ0v) is 10.9. The lowest BCUT2D eigenvalue weighted by Gasteiger charge is -2.08. The molecule has 0 spiro atoms. The first-order valence-corrected chi connectivity index (χ1v) is 6.59. The van der Waals surface area contributed by atoms with Crippen LogP contribution in [-0.2, 0) is 0 Å². The summed E-state index contributed by atoms with van der Waals surface area (Å²) in [5, 5.41) is 3.38. The number of ether oxygens (including phenoxy) is 1. The van der Waals surface area contributed by atoms with Crippen LogP contribution in [0.4, 0.5) is 0 Å². The van der Waals surface area contributed by atoms with Crippen LogP contribution >= 0.6 is 15.9 Å². The lowest BCUT2D eigenvalue weighted by Crippen LogP contribution is -2.10. The first-order chi connectivity index (χ1) is 7.84. The van der Waals surface area contributed by atoms with E-state index in [1.54, 1.807) is 6.20 Å². The van der Waals surface area contributed by atoms with E-state index < -0.39 is 0 Å². The van der Waals surface area contributed by atoms with E-state index >= 15 is 0 Å². The Bertz CT molecular complexity index is 309. The van der Waals surface area contributed by atoms with Crippen molar-refractivity contribution in [2.24, 2.45) is 5.92 Å². The SMILES string of the molecule is Brc1ccc(OCCCC2CCNC2)nc1. The van der Waals surface area contributed by atoms with Gasteiger partial charge in [0.05, 0.1) is 6.61 Å². The van der Waals surface area contributed by atoms with Gasteiger partial charge in [-0.25, -0.2) is 4.98 Å². The normalized spacial score (nSPS) is 19.9. The molecule has 88 valence electrons. The van der Waals surface area contributed by atoms with Gasteiger partial charge in [0.2, 0.25) is 5.88 Å². The van der Waals surface area contributed by atoms with Crippen LogP contribution in [0.25, 0.3) is 0 Å². The molecule has 4 heteroatoms. The summed E-state index contributed by atoms with van der Waals surface area (Å²) in [5.41, 5.74) is 0. The molecular weight excluding hydrogens is 268 g/mol. The molecule has 0 aliphatic carbocycles. The standard InChI is InChI=1S/C12H17BrN2O/c13-11-3-4-12(15-9-11)16-7-1-2-10-5-6-14-8-10/h3-4,9-10,14H,1-2,5-8H2. The predicted octanol–water partition coefficient (Wildman–Crippen LogP) is 2.61. The van der Waals surface area contributed by atoms with Crippen LogP contribution in [0.5, 0.6) is 5.88 Å². The number of nitrogens with zero attached hydrogens (tertiary/aromatic N) is 1. The second-order valence-electron chi connectivity index (χ2n) is 4.16. The summed E-state index contributed by atoms with van der Waals surface area (Å²) >= 11 is 3.35. The number of hydrogen-bond donors (Lipinski definition) is 1. The third-order valence-electron chi connectivity index (χ3n) is 2.87. The molecule has 0 saturated carbocycles. The van der Waals surface area contributed by atoms with E-state index in [1.807, 2.05) is 12.1 Å². The van der Waals surface area contributed by atoms with Gasteiger partial charge >= 0.3 is 0 Å². The molecule has 1 aromatic heterocycles. The van der Waals surface area contributed by atoms with E-state index in [0.29, 0.717) is 5.88 Å². The molecule has 2 heterocycles. The summed E-state index contributed by atoms with van der Waals surface area (Å²) < 4.78 is 6.55. The van der Waals surface area contributed by atoms with E-state index in [-0.39, 0.29) is 0 Å². The van der Waals surface area contributed by atoms with E-state index in [1.165, 1.54) is 25.9 Å². The number of rotatable bonds is 5. The largest absolute Gasteiger partial charge is 0.478 e. The van der Waals surface area contributed by atoms with Crippen molar-refractivity contribution in [3.63, 3.8) is 0 Å². The second-order valence-corrected chi connectivity index (χ2v) is 5.08. The van der Waals surface area contributed by atoms with Gasteiger partial charge in [-0.15, -0.1) is 0 Å². The Morgan fingerprint density at radius 1 is 1.50 bits per heavy atom. The maximum atomic E-state index is 5.57. The first-order valence-electron chi connectivity index (χ1n) is 5.79. The summed E-state index contributed by atoms with van der Waals surface area (Å²) in [6.07, 6.45) is 5.44. The van der Waals surface area contributed by atoms with Gasteiger partial charge in [0.1, 0.15) is 0 Å². The van der Waals surface area contributed by atoms with Crippen LogP contribution in [-0.4, -0.2) is 24.7 Å². The van der Waals surface area contributed by atoms with Crippen molar-refractivity contribution < 1.29 is 4.74 Å². The molecule has 1 N–H and O–H groups in total. The Morgan fingerprint density at radius 3 is 3.12 bits per heavy atom. The average molecular weight is 285 g/mol. The van der Waals surface area contributed by atoms with Gasteiger partial charge in [0, 0.05) is 16.7 Å². The summed E-state index contributed by atoms with van der Waals surface area (Å²) in [7, 11) is 0. The summed E-state index contributed by atoms with van der Waals surface area (Å²) in [6.45, 7) is 3.13. The Labute approximate surface area is 105 Å². The molecule has 0 bridgehead atoms.